The second kappa shape index (κ2) is 7.83. The predicted octanol–water partition coefficient (Wildman–Crippen LogP) is 3.60. The molecule has 3 heterocycles. The SMILES string of the molecule is Cc1c(C(=O)NCCc2ccc(F)cc2)sc2nc3n(c(=O)c12)CCCCC3. The van der Waals surface area contributed by atoms with E-state index in [1.54, 1.807) is 16.7 Å². The molecule has 0 aliphatic carbocycles. The number of thiophene rings is 1. The molecule has 0 atom stereocenters. The minimum Gasteiger partial charge on any atom is -0.351 e. The van der Waals surface area contributed by atoms with Crippen LogP contribution in [-0.4, -0.2) is 22.0 Å². The molecule has 0 saturated carbocycles. The summed E-state index contributed by atoms with van der Waals surface area (Å²) in [7, 11) is 0. The highest BCUT2D eigenvalue weighted by atomic mass is 32.1. The molecule has 0 spiro atoms. The first-order valence-electron chi connectivity index (χ1n) is 9.60. The van der Waals surface area contributed by atoms with Crippen molar-refractivity contribution < 1.29 is 9.18 Å². The van der Waals surface area contributed by atoms with Crippen LogP contribution in [-0.2, 0) is 19.4 Å². The lowest BCUT2D eigenvalue weighted by Crippen LogP contribution is -2.26. The maximum absolute atomic E-state index is 13.0. The molecule has 0 unspecified atom stereocenters. The lowest BCUT2D eigenvalue weighted by Gasteiger charge is -2.08. The zero-order valence-electron chi connectivity index (χ0n) is 15.8. The number of fused-ring (bicyclic) bond motifs is 2. The van der Waals surface area contributed by atoms with Crippen LogP contribution < -0.4 is 10.9 Å². The van der Waals surface area contributed by atoms with Crippen LogP contribution in [0.25, 0.3) is 10.2 Å². The Kier molecular flexibility index (Phi) is 5.26. The number of halogens is 1. The van der Waals surface area contributed by atoms with E-state index in [0.29, 0.717) is 40.2 Å². The van der Waals surface area contributed by atoms with Crippen LogP contribution in [0.1, 0.15) is 45.9 Å². The number of nitrogens with zero attached hydrogens (tertiary/aromatic N) is 2. The van der Waals surface area contributed by atoms with Crippen molar-refractivity contribution in [1.82, 2.24) is 14.9 Å². The summed E-state index contributed by atoms with van der Waals surface area (Å²) in [6.45, 7) is 2.97. The van der Waals surface area contributed by atoms with Crippen LogP contribution in [0.4, 0.5) is 4.39 Å². The monoisotopic (exact) mass is 399 g/mol. The Morgan fingerprint density at radius 1 is 1.25 bits per heavy atom. The molecule has 0 radical (unpaired) electrons. The Morgan fingerprint density at radius 2 is 2.04 bits per heavy atom. The van der Waals surface area contributed by atoms with E-state index >= 15 is 0 Å². The standard InChI is InChI=1S/C21H22FN3O2S/c1-13-17-20(24-16-5-3-2-4-12-25(16)21(17)27)28-18(13)19(26)23-11-10-14-6-8-15(22)9-7-14/h6-9H,2-5,10-12H2,1H3,(H,23,26). The smallest absolute Gasteiger partial charge is 0.262 e. The fourth-order valence-electron chi connectivity index (χ4n) is 3.68. The van der Waals surface area contributed by atoms with E-state index in [4.69, 9.17) is 4.98 Å². The maximum Gasteiger partial charge on any atom is 0.262 e. The summed E-state index contributed by atoms with van der Waals surface area (Å²) in [5.74, 6) is 0.368. The van der Waals surface area contributed by atoms with Crippen LogP contribution >= 0.6 is 11.3 Å². The summed E-state index contributed by atoms with van der Waals surface area (Å²) in [5, 5.41) is 3.47. The van der Waals surface area contributed by atoms with Crippen molar-refractivity contribution >= 4 is 27.5 Å². The van der Waals surface area contributed by atoms with Crippen LogP contribution in [0.2, 0.25) is 0 Å². The number of carbonyl (C=O) groups excluding carboxylic acids is 1. The van der Waals surface area contributed by atoms with Gasteiger partial charge in [-0.05, 0) is 49.4 Å². The van der Waals surface area contributed by atoms with Gasteiger partial charge in [0.05, 0.1) is 10.3 Å². The van der Waals surface area contributed by atoms with Gasteiger partial charge in [0.25, 0.3) is 11.5 Å². The first kappa shape index (κ1) is 18.8. The van der Waals surface area contributed by atoms with Gasteiger partial charge in [-0.1, -0.05) is 18.6 Å². The zero-order chi connectivity index (χ0) is 19.7. The molecule has 3 aromatic rings. The van der Waals surface area contributed by atoms with Crippen LogP contribution in [0.15, 0.2) is 29.1 Å². The molecule has 1 amide bonds. The number of rotatable bonds is 4. The van der Waals surface area contributed by atoms with Crippen molar-refractivity contribution in [1.29, 1.82) is 0 Å². The number of aromatic nitrogens is 2. The number of aryl methyl sites for hydroxylation is 2. The van der Waals surface area contributed by atoms with Gasteiger partial charge in [0.1, 0.15) is 16.5 Å². The molecule has 0 saturated heterocycles. The molecule has 1 aliphatic heterocycles. The Labute approximate surface area is 166 Å². The van der Waals surface area contributed by atoms with E-state index in [9.17, 15) is 14.0 Å². The van der Waals surface area contributed by atoms with Crippen LogP contribution in [0, 0.1) is 12.7 Å². The quantitative estimate of drug-likeness (QED) is 0.729. The molecular formula is C21H22FN3O2S. The van der Waals surface area contributed by atoms with Gasteiger partial charge in [-0.25, -0.2) is 9.37 Å². The van der Waals surface area contributed by atoms with Gasteiger partial charge in [-0.2, -0.15) is 0 Å². The van der Waals surface area contributed by atoms with Crippen molar-refractivity contribution in [2.45, 2.75) is 45.6 Å². The predicted molar refractivity (Wildman–Crippen MR) is 109 cm³/mol. The van der Waals surface area contributed by atoms with Crippen molar-refractivity contribution in [3.63, 3.8) is 0 Å². The number of hydrogen-bond acceptors (Lipinski definition) is 4. The molecule has 7 heteroatoms. The number of carbonyl (C=O) groups is 1. The lowest BCUT2D eigenvalue weighted by molar-refractivity contribution is 0.0957. The second-order valence-electron chi connectivity index (χ2n) is 7.16. The van der Waals surface area contributed by atoms with E-state index in [1.807, 2.05) is 6.92 Å². The maximum atomic E-state index is 13.0. The van der Waals surface area contributed by atoms with Crippen LogP contribution in [0.5, 0.6) is 0 Å². The average Bonchev–Trinajstić information content (AvgIpc) is 2.85. The van der Waals surface area contributed by atoms with Crippen molar-refractivity contribution in [3.8, 4) is 0 Å². The highest BCUT2D eigenvalue weighted by Gasteiger charge is 2.22. The molecule has 0 fully saturated rings. The third kappa shape index (κ3) is 3.58. The van der Waals surface area contributed by atoms with Gasteiger partial charge >= 0.3 is 0 Å². The third-order valence-electron chi connectivity index (χ3n) is 5.23. The molecule has 1 N–H and O–H groups in total. The van der Waals surface area contributed by atoms with E-state index in [0.717, 1.165) is 37.1 Å². The fraction of sp³-hybridized carbons (Fsp3) is 0.381. The summed E-state index contributed by atoms with van der Waals surface area (Å²) in [5.41, 5.74) is 1.63. The summed E-state index contributed by atoms with van der Waals surface area (Å²) in [4.78, 5) is 31.5. The Morgan fingerprint density at radius 3 is 2.82 bits per heavy atom. The normalized spacial score (nSPS) is 13.9. The number of nitrogens with one attached hydrogen (secondary N) is 1. The molecule has 4 rings (SSSR count). The van der Waals surface area contributed by atoms with Gasteiger partial charge in [0.2, 0.25) is 0 Å². The third-order valence-corrected chi connectivity index (χ3v) is 6.41. The first-order chi connectivity index (χ1) is 13.5. The summed E-state index contributed by atoms with van der Waals surface area (Å²) in [6.07, 6.45) is 4.56. The summed E-state index contributed by atoms with van der Waals surface area (Å²) in [6, 6.07) is 6.25. The fourth-order valence-corrected chi connectivity index (χ4v) is 4.79. The largest absolute Gasteiger partial charge is 0.351 e. The van der Waals surface area contributed by atoms with Gasteiger partial charge in [0.15, 0.2) is 0 Å². The van der Waals surface area contributed by atoms with E-state index in [1.165, 1.54) is 23.5 Å². The topological polar surface area (TPSA) is 64.0 Å². The molecule has 5 nitrogen and oxygen atoms in total. The minimum absolute atomic E-state index is 0.0268. The minimum atomic E-state index is -0.272. The number of amides is 1. The molecule has 1 aliphatic rings. The molecule has 146 valence electrons. The van der Waals surface area contributed by atoms with Gasteiger partial charge in [-0.3, -0.25) is 14.2 Å². The molecule has 2 aromatic heterocycles. The first-order valence-corrected chi connectivity index (χ1v) is 10.4. The number of benzene rings is 1. The summed E-state index contributed by atoms with van der Waals surface area (Å²) < 4.78 is 14.8. The highest BCUT2D eigenvalue weighted by Crippen LogP contribution is 2.28. The lowest BCUT2D eigenvalue weighted by atomic mass is 10.1. The molecular weight excluding hydrogens is 377 g/mol. The van der Waals surface area contributed by atoms with E-state index in [2.05, 4.69) is 5.32 Å². The molecule has 1 aromatic carbocycles. The zero-order valence-corrected chi connectivity index (χ0v) is 16.6. The highest BCUT2D eigenvalue weighted by molar-refractivity contribution is 7.20. The Balaban J connectivity index is 1.55. The van der Waals surface area contributed by atoms with E-state index in [-0.39, 0.29) is 17.3 Å². The van der Waals surface area contributed by atoms with E-state index < -0.39 is 0 Å². The van der Waals surface area contributed by atoms with Crippen molar-refractivity contribution in [2.24, 2.45) is 0 Å². The average molecular weight is 399 g/mol. The van der Waals surface area contributed by atoms with Crippen molar-refractivity contribution in [3.05, 3.63) is 62.3 Å². The van der Waals surface area contributed by atoms with Gasteiger partial charge < -0.3 is 5.32 Å². The summed E-state index contributed by atoms with van der Waals surface area (Å²) >= 11 is 1.29. The number of hydrogen-bond donors (Lipinski definition) is 1. The Hall–Kier alpha value is -2.54. The molecule has 28 heavy (non-hydrogen) atoms. The Bertz CT molecular complexity index is 1090. The second-order valence-corrected chi connectivity index (χ2v) is 8.16. The van der Waals surface area contributed by atoms with Crippen molar-refractivity contribution in [2.75, 3.05) is 6.54 Å². The molecule has 0 bridgehead atoms. The van der Waals surface area contributed by atoms with Gasteiger partial charge in [-0.15, -0.1) is 11.3 Å². The van der Waals surface area contributed by atoms with Gasteiger partial charge in [0, 0.05) is 19.5 Å². The van der Waals surface area contributed by atoms with Crippen LogP contribution in [0.3, 0.4) is 0 Å².